The third kappa shape index (κ3) is 4.37. The summed E-state index contributed by atoms with van der Waals surface area (Å²) in [6.45, 7) is 1.00. The Morgan fingerprint density at radius 3 is 2.41 bits per heavy atom. The number of halogens is 1. The predicted octanol–water partition coefficient (Wildman–Crippen LogP) is 2.41. The summed E-state index contributed by atoms with van der Waals surface area (Å²) in [5, 5.41) is 2.63. The lowest BCUT2D eigenvalue weighted by Gasteiger charge is -2.19. The summed E-state index contributed by atoms with van der Waals surface area (Å²) in [5.74, 6) is -2.47. The van der Waals surface area contributed by atoms with Gasteiger partial charge >= 0.3 is 5.97 Å². The molecule has 2 fully saturated rings. The Balaban J connectivity index is 1.50. The smallest absolute Gasteiger partial charge is 0.326 e. The molecular formula is C19H21BrN2O5. The Labute approximate surface area is 165 Å². The van der Waals surface area contributed by atoms with E-state index in [0.717, 1.165) is 27.8 Å². The van der Waals surface area contributed by atoms with E-state index in [-0.39, 0.29) is 23.7 Å². The van der Waals surface area contributed by atoms with E-state index >= 15 is 0 Å². The zero-order chi connectivity index (χ0) is 19.6. The number of benzene rings is 1. The largest absolute Gasteiger partial charge is 0.454 e. The van der Waals surface area contributed by atoms with Gasteiger partial charge in [-0.05, 0) is 53.4 Å². The van der Waals surface area contributed by atoms with Gasteiger partial charge in [-0.15, -0.1) is 0 Å². The Hall–Kier alpha value is -2.22. The highest BCUT2D eigenvalue weighted by molar-refractivity contribution is 9.10. The Morgan fingerprint density at radius 2 is 1.81 bits per heavy atom. The fourth-order valence-corrected chi connectivity index (χ4v) is 4.21. The lowest BCUT2D eigenvalue weighted by Crippen LogP contribution is -2.37. The summed E-state index contributed by atoms with van der Waals surface area (Å²) in [4.78, 5) is 49.6. The lowest BCUT2D eigenvalue weighted by atomic mass is 9.81. The van der Waals surface area contributed by atoms with Gasteiger partial charge in [-0.2, -0.15) is 0 Å². The fraction of sp³-hybridized carbons (Fsp3) is 0.474. The minimum atomic E-state index is -0.770. The Kier molecular flexibility index (Phi) is 5.94. The number of likely N-dealkylation sites (tertiary alicyclic amines) is 1. The number of anilines is 1. The van der Waals surface area contributed by atoms with E-state index in [4.69, 9.17) is 4.74 Å². The minimum Gasteiger partial charge on any atom is -0.454 e. The molecule has 3 rings (SSSR count). The predicted molar refractivity (Wildman–Crippen MR) is 101 cm³/mol. The first-order chi connectivity index (χ1) is 12.9. The van der Waals surface area contributed by atoms with E-state index in [9.17, 15) is 19.2 Å². The molecule has 3 amide bonds. The highest BCUT2D eigenvalue weighted by atomic mass is 79.9. The van der Waals surface area contributed by atoms with Crippen molar-refractivity contribution in [3.05, 3.63) is 28.2 Å². The fourth-order valence-electron chi connectivity index (χ4n) is 3.62. The van der Waals surface area contributed by atoms with Crippen LogP contribution in [0.3, 0.4) is 0 Å². The first-order valence-electron chi connectivity index (χ1n) is 8.93. The van der Waals surface area contributed by atoms with Gasteiger partial charge in [0, 0.05) is 4.47 Å². The van der Waals surface area contributed by atoms with Crippen molar-refractivity contribution in [1.82, 2.24) is 4.90 Å². The molecule has 7 nitrogen and oxygen atoms in total. The van der Waals surface area contributed by atoms with Crippen LogP contribution in [0.15, 0.2) is 22.7 Å². The van der Waals surface area contributed by atoms with E-state index < -0.39 is 25.0 Å². The van der Waals surface area contributed by atoms with Crippen molar-refractivity contribution in [2.24, 2.45) is 11.8 Å². The molecule has 1 aromatic carbocycles. The van der Waals surface area contributed by atoms with Crippen molar-refractivity contribution in [3.8, 4) is 0 Å². The van der Waals surface area contributed by atoms with Crippen LogP contribution in [0.5, 0.6) is 0 Å². The molecular weight excluding hydrogens is 416 g/mol. The van der Waals surface area contributed by atoms with Crippen LogP contribution in [0.25, 0.3) is 0 Å². The number of amides is 3. The number of carbonyl (C=O) groups is 4. The van der Waals surface area contributed by atoms with E-state index in [0.29, 0.717) is 18.5 Å². The van der Waals surface area contributed by atoms with Crippen LogP contribution >= 0.6 is 15.9 Å². The van der Waals surface area contributed by atoms with Crippen LogP contribution in [-0.4, -0.2) is 41.7 Å². The number of imide groups is 1. The van der Waals surface area contributed by atoms with Crippen LogP contribution < -0.4 is 5.32 Å². The summed E-state index contributed by atoms with van der Waals surface area (Å²) in [6.07, 6.45) is 3.23. The number of rotatable bonds is 5. The Bertz CT molecular complexity index is 770. The van der Waals surface area contributed by atoms with Crippen molar-refractivity contribution in [1.29, 1.82) is 0 Å². The molecule has 1 N–H and O–H groups in total. The highest BCUT2D eigenvalue weighted by Crippen LogP contribution is 2.37. The summed E-state index contributed by atoms with van der Waals surface area (Å²) >= 11 is 3.35. The molecule has 8 heteroatoms. The molecule has 0 bridgehead atoms. The number of fused-ring (bicyclic) bond motifs is 1. The number of nitrogens with zero attached hydrogens (tertiary/aromatic N) is 1. The maximum absolute atomic E-state index is 12.3. The molecule has 0 unspecified atom stereocenters. The van der Waals surface area contributed by atoms with E-state index in [1.165, 1.54) is 0 Å². The van der Waals surface area contributed by atoms with Crippen LogP contribution in [0.1, 0.15) is 31.2 Å². The molecule has 1 saturated heterocycles. The molecule has 27 heavy (non-hydrogen) atoms. The lowest BCUT2D eigenvalue weighted by molar-refractivity contribution is -0.154. The molecule has 0 radical (unpaired) electrons. The molecule has 1 saturated carbocycles. The number of hydrogen-bond acceptors (Lipinski definition) is 5. The van der Waals surface area contributed by atoms with Crippen molar-refractivity contribution >= 4 is 45.3 Å². The first kappa shape index (κ1) is 19.5. The summed E-state index contributed by atoms with van der Waals surface area (Å²) in [7, 11) is 0. The van der Waals surface area contributed by atoms with Gasteiger partial charge in [0.1, 0.15) is 6.54 Å². The van der Waals surface area contributed by atoms with Crippen molar-refractivity contribution in [3.63, 3.8) is 0 Å². The number of esters is 1. The molecule has 1 aromatic rings. The third-order valence-corrected chi connectivity index (χ3v) is 5.64. The highest BCUT2D eigenvalue weighted by Gasteiger charge is 2.48. The van der Waals surface area contributed by atoms with Gasteiger partial charge in [-0.25, -0.2) is 0 Å². The van der Waals surface area contributed by atoms with Gasteiger partial charge < -0.3 is 10.1 Å². The van der Waals surface area contributed by atoms with Crippen LogP contribution in [0.2, 0.25) is 0 Å². The zero-order valence-electron chi connectivity index (χ0n) is 15.0. The van der Waals surface area contributed by atoms with Crippen molar-refractivity contribution < 1.29 is 23.9 Å². The van der Waals surface area contributed by atoms with Gasteiger partial charge in [0.25, 0.3) is 5.91 Å². The number of ether oxygens (including phenoxy) is 1. The standard InChI is InChI=1S/C19H21BrN2O5/c1-11-6-7-15(14(20)8-11)21-16(23)10-27-17(24)9-22-18(25)12-4-2-3-5-13(12)19(22)26/h6-8,12-13H,2-5,9-10H2,1H3,(H,21,23)/t12-,13-/m0/s1. The SMILES string of the molecule is Cc1ccc(NC(=O)COC(=O)CN2C(=O)[C@H]3CCCC[C@@H]3C2=O)c(Br)c1. The maximum atomic E-state index is 12.3. The molecule has 2 atom stereocenters. The maximum Gasteiger partial charge on any atom is 0.326 e. The average Bonchev–Trinajstić information content (AvgIpc) is 2.88. The van der Waals surface area contributed by atoms with E-state index in [1.54, 1.807) is 6.07 Å². The van der Waals surface area contributed by atoms with E-state index in [2.05, 4.69) is 21.2 Å². The number of carbonyl (C=O) groups excluding carboxylic acids is 4. The van der Waals surface area contributed by atoms with Gasteiger partial charge in [-0.3, -0.25) is 24.1 Å². The molecule has 2 aliphatic rings. The molecule has 0 aromatic heterocycles. The van der Waals surface area contributed by atoms with Crippen molar-refractivity contribution in [2.75, 3.05) is 18.5 Å². The van der Waals surface area contributed by atoms with Gasteiger partial charge in [0.15, 0.2) is 6.61 Å². The molecule has 144 valence electrons. The molecule has 1 aliphatic heterocycles. The number of nitrogens with one attached hydrogen (secondary N) is 1. The quantitative estimate of drug-likeness (QED) is 0.564. The first-order valence-corrected chi connectivity index (χ1v) is 9.73. The average molecular weight is 437 g/mol. The number of aryl methyl sites for hydroxylation is 1. The van der Waals surface area contributed by atoms with Gasteiger partial charge in [0.2, 0.25) is 11.8 Å². The Morgan fingerprint density at radius 1 is 1.19 bits per heavy atom. The summed E-state index contributed by atoms with van der Waals surface area (Å²) in [6, 6.07) is 5.44. The van der Waals surface area contributed by atoms with Crippen LogP contribution in [0.4, 0.5) is 5.69 Å². The second-order valence-corrected chi connectivity index (χ2v) is 7.81. The van der Waals surface area contributed by atoms with Crippen LogP contribution in [-0.2, 0) is 23.9 Å². The number of hydrogen-bond donors (Lipinski definition) is 1. The van der Waals surface area contributed by atoms with Crippen molar-refractivity contribution in [2.45, 2.75) is 32.6 Å². The second kappa shape index (κ2) is 8.21. The van der Waals surface area contributed by atoms with E-state index in [1.807, 2.05) is 19.1 Å². The molecule has 1 aliphatic carbocycles. The summed E-state index contributed by atoms with van der Waals surface area (Å²) in [5.41, 5.74) is 1.60. The molecule has 0 spiro atoms. The second-order valence-electron chi connectivity index (χ2n) is 6.95. The zero-order valence-corrected chi connectivity index (χ0v) is 16.6. The molecule has 1 heterocycles. The monoisotopic (exact) mass is 436 g/mol. The van der Waals surface area contributed by atoms with Gasteiger partial charge in [0.05, 0.1) is 17.5 Å². The normalized spacial score (nSPS) is 21.8. The third-order valence-electron chi connectivity index (χ3n) is 4.98. The van der Waals surface area contributed by atoms with Gasteiger partial charge in [-0.1, -0.05) is 18.9 Å². The minimum absolute atomic E-state index is 0.297. The summed E-state index contributed by atoms with van der Waals surface area (Å²) < 4.78 is 5.66. The van der Waals surface area contributed by atoms with Crippen LogP contribution in [0, 0.1) is 18.8 Å². The topological polar surface area (TPSA) is 92.8 Å².